The van der Waals surface area contributed by atoms with Crippen LogP contribution < -0.4 is 16.2 Å². The molecule has 1 fully saturated rings. The fraction of sp³-hybridized carbons (Fsp3) is 0.205. The van der Waals surface area contributed by atoms with Crippen LogP contribution in [0.1, 0.15) is 58.5 Å². The molecule has 0 saturated carbocycles. The number of nitrogens with zero attached hydrogens (tertiary/aromatic N) is 5. The van der Waals surface area contributed by atoms with E-state index in [1.165, 1.54) is 0 Å². The lowest BCUT2D eigenvalue weighted by Crippen LogP contribution is -2.42. The molecule has 0 bridgehead atoms. The standard InChI is InChI=1S/C44H37N7O4/c1-5-27-18-33(34-17-26(3)44(55)50(4)40(34)19-27)32-10-6-8-29-20-37(47-24-35(29)32)30-11-12-36(46-22-30)42(53)45-15-7-9-28-21-39-31(16-25(28)2)23-48-51(39)38-13-14-41(52)49-43(38)54/h6,8,10-12,16-24,38H,5,13-15H2,1-4H3,(H,45,53)(H,49,52,54). The Bertz CT molecular complexity index is 2860. The summed E-state index contributed by atoms with van der Waals surface area (Å²) in [4.78, 5) is 59.1. The Morgan fingerprint density at radius 3 is 2.53 bits per heavy atom. The second kappa shape index (κ2) is 14.1. The number of imide groups is 1. The number of aryl methyl sites for hydroxylation is 4. The van der Waals surface area contributed by atoms with Crippen LogP contribution in [0.25, 0.3) is 55.0 Å². The fourth-order valence-corrected chi connectivity index (χ4v) is 7.31. The number of benzene rings is 3. The molecule has 8 rings (SSSR count). The van der Waals surface area contributed by atoms with Gasteiger partial charge in [0.25, 0.3) is 17.4 Å². The van der Waals surface area contributed by atoms with Crippen LogP contribution in [0, 0.1) is 25.7 Å². The van der Waals surface area contributed by atoms with Crippen molar-refractivity contribution in [3.63, 3.8) is 0 Å². The van der Waals surface area contributed by atoms with Crippen molar-refractivity contribution in [2.24, 2.45) is 7.05 Å². The molecule has 1 saturated heterocycles. The first-order valence-electron chi connectivity index (χ1n) is 18.2. The maximum Gasteiger partial charge on any atom is 0.270 e. The van der Waals surface area contributed by atoms with E-state index in [1.807, 2.05) is 63.5 Å². The number of piperidine rings is 1. The molecule has 3 aromatic carbocycles. The van der Waals surface area contributed by atoms with E-state index < -0.39 is 6.04 Å². The van der Waals surface area contributed by atoms with E-state index in [2.05, 4.69) is 63.7 Å². The number of hydrogen-bond acceptors (Lipinski definition) is 7. The van der Waals surface area contributed by atoms with Gasteiger partial charge in [-0.1, -0.05) is 43.0 Å². The predicted molar refractivity (Wildman–Crippen MR) is 212 cm³/mol. The quantitative estimate of drug-likeness (QED) is 0.156. The van der Waals surface area contributed by atoms with E-state index >= 15 is 0 Å². The van der Waals surface area contributed by atoms with Crippen molar-refractivity contribution >= 4 is 50.3 Å². The first-order chi connectivity index (χ1) is 26.6. The molecule has 7 aromatic rings. The number of hydrogen-bond donors (Lipinski definition) is 2. The number of pyridine rings is 3. The minimum absolute atomic E-state index is 0.00134. The third kappa shape index (κ3) is 6.52. The fourth-order valence-electron chi connectivity index (χ4n) is 7.31. The van der Waals surface area contributed by atoms with Crippen LogP contribution in [0.2, 0.25) is 0 Å². The van der Waals surface area contributed by atoms with E-state index in [9.17, 15) is 19.2 Å². The summed E-state index contributed by atoms with van der Waals surface area (Å²) >= 11 is 0. The van der Waals surface area contributed by atoms with Gasteiger partial charge in [-0.05, 0) is 96.8 Å². The zero-order valence-electron chi connectivity index (χ0n) is 30.9. The molecule has 0 radical (unpaired) electrons. The maximum atomic E-state index is 13.0. The van der Waals surface area contributed by atoms with Gasteiger partial charge in [-0.2, -0.15) is 5.10 Å². The molecule has 55 heavy (non-hydrogen) atoms. The van der Waals surface area contributed by atoms with Crippen molar-refractivity contribution in [2.45, 2.75) is 46.1 Å². The van der Waals surface area contributed by atoms with Crippen molar-refractivity contribution in [1.29, 1.82) is 0 Å². The molecule has 1 atom stereocenters. The molecule has 1 aliphatic heterocycles. The van der Waals surface area contributed by atoms with Crippen molar-refractivity contribution in [3.8, 4) is 34.2 Å². The highest BCUT2D eigenvalue weighted by Gasteiger charge is 2.29. The summed E-state index contributed by atoms with van der Waals surface area (Å²) in [5.41, 5.74) is 9.04. The van der Waals surface area contributed by atoms with E-state index in [4.69, 9.17) is 4.98 Å². The second-order valence-electron chi connectivity index (χ2n) is 13.9. The van der Waals surface area contributed by atoms with Crippen LogP contribution in [-0.4, -0.2) is 48.6 Å². The average Bonchev–Trinajstić information content (AvgIpc) is 3.59. The molecule has 272 valence electrons. The molecule has 5 heterocycles. The highest BCUT2D eigenvalue weighted by atomic mass is 16.2. The normalized spacial score (nSPS) is 14.2. The SMILES string of the molecule is CCc1cc(-c2cccc3cc(-c4ccc(C(=O)NCC#Cc5cc6c(cnn6C6CCC(=O)NC6=O)cc5C)nc4)ncc23)c2cc(C)c(=O)n(C)c2c1. The Balaban J connectivity index is 0.987. The summed E-state index contributed by atoms with van der Waals surface area (Å²) in [6.45, 7) is 6.01. The van der Waals surface area contributed by atoms with Gasteiger partial charge in [-0.15, -0.1) is 0 Å². The maximum absolute atomic E-state index is 13.0. The van der Waals surface area contributed by atoms with Crippen LogP contribution in [0.5, 0.6) is 0 Å². The van der Waals surface area contributed by atoms with Gasteiger partial charge in [0.2, 0.25) is 5.91 Å². The topological polar surface area (TPSA) is 141 Å². The summed E-state index contributed by atoms with van der Waals surface area (Å²) in [7, 11) is 1.82. The summed E-state index contributed by atoms with van der Waals surface area (Å²) in [6, 6.07) is 21.3. The number of carbonyl (C=O) groups is 3. The van der Waals surface area contributed by atoms with Crippen LogP contribution in [0.3, 0.4) is 0 Å². The molecule has 2 N–H and O–H groups in total. The molecule has 4 aromatic heterocycles. The molecular weight excluding hydrogens is 691 g/mol. The average molecular weight is 728 g/mol. The minimum Gasteiger partial charge on any atom is -0.340 e. The number of fused-ring (bicyclic) bond motifs is 3. The lowest BCUT2D eigenvalue weighted by atomic mass is 9.93. The smallest absolute Gasteiger partial charge is 0.270 e. The third-order valence-corrected chi connectivity index (χ3v) is 10.3. The van der Waals surface area contributed by atoms with E-state index in [1.54, 1.807) is 27.7 Å². The largest absolute Gasteiger partial charge is 0.340 e. The first-order valence-corrected chi connectivity index (χ1v) is 18.2. The lowest BCUT2D eigenvalue weighted by Gasteiger charge is -2.21. The summed E-state index contributed by atoms with van der Waals surface area (Å²) < 4.78 is 3.37. The molecule has 0 aliphatic carbocycles. The highest BCUT2D eigenvalue weighted by Crippen LogP contribution is 2.36. The zero-order chi connectivity index (χ0) is 38.4. The van der Waals surface area contributed by atoms with Crippen molar-refractivity contribution in [1.82, 2.24) is 34.9 Å². The van der Waals surface area contributed by atoms with Crippen LogP contribution >= 0.6 is 0 Å². The van der Waals surface area contributed by atoms with Gasteiger partial charge >= 0.3 is 0 Å². The van der Waals surface area contributed by atoms with Crippen LogP contribution in [0.4, 0.5) is 0 Å². The number of aromatic nitrogens is 5. The van der Waals surface area contributed by atoms with Crippen LogP contribution in [0.15, 0.2) is 90.1 Å². The van der Waals surface area contributed by atoms with Crippen LogP contribution in [-0.2, 0) is 23.1 Å². The van der Waals surface area contributed by atoms with Gasteiger partial charge in [0.15, 0.2) is 0 Å². The van der Waals surface area contributed by atoms with E-state index in [0.717, 1.165) is 78.1 Å². The molecule has 0 spiro atoms. The van der Waals surface area contributed by atoms with Gasteiger partial charge in [-0.3, -0.25) is 39.1 Å². The lowest BCUT2D eigenvalue weighted by molar-refractivity contribution is -0.135. The van der Waals surface area contributed by atoms with Crippen molar-refractivity contribution in [3.05, 3.63) is 124 Å². The Labute approximate surface area is 316 Å². The van der Waals surface area contributed by atoms with E-state index in [0.29, 0.717) is 12.0 Å². The van der Waals surface area contributed by atoms with Gasteiger partial charge in [-0.25, -0.2) is 0 Å². The first kappa shape index (κ1) is 35.1. The Morgan fingerprint density at radius 2 is 1.75 bits per heavy atom. The molecule has 11 heteroatoms. The molecule has 1 unspecified atom stereocenters. The highest BCUT2D eigenvalue weighted by molar-refractivity contribution is 6.05. The second-order valence-corrected chi connectivity index (χ2v) is 13.9. The Kier molecular flexibility index (Phi) is 9.03. The monoisotopic (exact) mass is 727 g/mol. The van der Waals surface area contributed by atoms with E-state index in [-0.39, 0.29) is 41.9 Å². The van der Waals surface area contributed by atoms with Crippen molar-refractivity contribution in [2.75, 3.05) is 6.54 Å². The predicted octanol–water partition coefficient (Wildman–Crippen LogP) is 6.10. The number of amides is 3. The zero-order valence-corrected chi connectivity index (χ0v) is 30.9. The number of nitrogens with one attached hydrogen (secondary N) is 2. The third-order valence-electron chi connectivity index (χ3n) is 10.3. The Morgan fingerprint density at radius 1 is 0.891 bits per heavy atom. The molecular formula is C44H37N7O4. The van der Waals surface area contributed by atoms with Gasteiger partial charge in [0.1, 0.15) is 11.7 Å². The molecule has 11 nitrogen and oxygen atoms in total. The minimum atomic E-state index is -0.569. The number of rotatable bonds is 6. The van der Waals surface area contributed by atoms with Gasteiger partial charge in [0, 0.05) is 58.7 Å². The summed E-state index contributed by atoms with van der Waals surface area (Å²) in [6.07, 6.45) is 6.70. The summed E-state index contributed by atoms with van der Waals surface area (Å²) in [5.74, 6) is 5.15. The van der Waals surface area contributed by atoms with Gasteiger partial charge in [0.05, 0.1) is 29.5 Å². The molecule has 3 amide bonds. The summed E-state index contributed by atoms with van der Waals surface area (Å²) in [5, 5.41) is 13.5. The van der Waals surface area contributed by atoms with Gasteiger partial charge < -0.3 is 9.88 Å². The molecule has 1 aliphatic rings. The number of carbonyl (C=O) groups excluding carboxylic acids is 3. The van der Waals surface area contributed by atoms with Crippen molar-refractivity contribution < 1.29 is 14.4 Å². The Hall–Kier alpha value is -6.93.